The number of rotatable bonds is 6. The van der Waals surface area contributed by atoms with Crippen LogP contribution in [0.15, 0.2) is 41.8 Å². The second-order valence-corrected chi connectivity index (χ2v) is 6.13. The summed E-state index contributed by atoms with van der Waals surface area (Å²) in [4.78, 5) is 23.7. The van der Waals surface area contributed by atoms with Crippen molar-refractivity contribution >= 4 is 23.2 Å². The molecule has 23 heavy (non-hydrogen) atoms. The molecule has 122 valence electrons. The molecule has 0 saturated carbocycles. The lowest BCUT2D eigenvalue weighted by molar-refractivity contribution is -0.127. The number of aryl methyl sites for hydroxylation is 1. The average molecular weight is 331 g/mol. The van der Waals surface area contributed by atoms with Gasteiger partial charge in [0.25, 0.3) is 5.91 Å². The molecule has 0 radical (unpaired) electrons. The van der Waals surface area contributed by atoms with Crippen molar-refractivity contribution < 1.29 is 9.59 Å². The average Bonchev–Trinajstić information content (AvgIpc) is 3.08. The summed E-state index contributed by atoms with van der Waals surface area (Å²) in [5, 5.41) is 5.26. The lowest BCUT2D eigenvalue weighted by Gasteiger charge is -2.18. The Morgan fingerprint density at radius 2 is 1.87 bits per heavy atom. The molecule has 0 saturated heterocycles. The molecule has 1 heterocycles. The summed E-state index contributed by atoms with van der Waals surface area (Å²) in [7, 11) is 0. The van der Waals surface area contributed by atoms with E-state index in [0.717, 1.165) is 16.9 Å². The lowest BCUT2D eigenvalue weighted by Crippen LogP contribution is -2.45. The summed E-state index contributed by atoms with van der Waals surface area (Å²) < 4.78 is 0. The molecule has 0 spiro atoms. The van der Waals surface area contributed by atoms with E-state index < -0.39 is 0 Å². The zero-order valence-electron chi connectivity index (χ0n) is 13.3. The third kappa shape index (κ3) is 5.19. The van der Waals surface area contributed by atoms with Crippen molar-refractivity contribution in [2.24, 2.45) is 0 Å². The van der Waals surface area contributed by atoms with Gasteiger partial charge in [-0.15, -0.1) is 11.3 Å². The van der Waals surface area contributed by atoms with Crippen molar-refractivity contribution in [3.05, 3.63) is 57.8 Å². The third-order valence-electron chi connectivity index (χ3n) is 3.39. The third-order valence-corrected chi connectivity index (χ3v) is 4.33. The maximum atomic E-state index is 11.8. The van der Waals surface area contributed by atoms with Gasteiger partial charge in [-0.3, -0.25) is 25.8 Å². The second kappa shape index (κ2) is 8.45. The fourth-order valence-electron chi connectivity index (χ4n) is 2.18. The predicted octanol–water partition coefficient (Wildman–Crippen LogP) is 2.16. The summed E-state index contributed by atoms with van der Waals surface area (Å²) in [6.45, 7) is 3.58. The highest BCUT2D eigenvalue weighted by Crippen LogP contribution is 2.26. The highest BCUT2D eigenvalue weighted by atomic mass is 32.1. The number of hydrogen-bond donors (Lipinski definition) is 3. The molecule has 2 amide bonds. The fraction of sp³-hybridized carbons (Fsp3) is 0.294. The van der Waals surface area contributed by atoms with Gasteiger partial charge >= 0.3 is 0 Å². The van der Waals surface area contributed by atoms with Gasteiger partial charge in [0, 0.05) is 11.8 Å². The number of benzene rings is 1. The Hall–Kier alpha value is -2.18. The van der Waals surface area contributed by atoms with E-state index in [1.165, 1.54) is 12.5 Å². The Balaban J connectivity index is 2.06. The van der Waals surface area contributed by atoms with Crippen molar-refractivity contribution in [1.29, 1.82) is 0 Å². The molecule has 0 aliphatic carbocycles. The molecular formula is C17H21N3O2S. The minimum Gasteiger partial charge on any atom is -0.297 e. The number of amides is 2. The summed E-state index contributed by atoms with van der Waals surface area (Å²) in [5.41, 5.74) is 7.03. The summed E-state index contributed by atoms with van der Waals surface area (Å²) in [6.07, 6.45) is 0.997. The molecule has 2 aromatic rings. The maximum Gasteiger partial charge on any atom is 0.252 e. The van der Waals surface area contributed by atoms with Crippen molar-refractivity contribution in [3.63, 3.8) is 0 Å². The summed E-state index contributed by atoms with van der Waals surface area (Å²) in [6, 6.07) is 12.4. The Morgan fingerprint density at radius 3 is 2.43 bits per heavy atom. The number of hydrazine groups is 1. The van der Waals surface area contributed by atoms with Crippen molar-refractivity contribution in [2.75, 3.05) is 6.54 Å². The molecule has 5 nitrogen and oxygen atoms in total. The molecule has 6 heteroatoms. The molecule has 0 fully saturated rings. The van der Waals surface area contributed by atoms with Crippen LogP contribution in [-0.4, -0.2) is 18.4 Å². The largest absolute Gasteiger partial charge is 0.297 e. The molecular weight excluding hydrogens is 310 g/mol. The quantitative estimate of drug-likeness (QED) is 0.711. The van der Waals surface area contributed by atoms with Crippen molar-refractivity contribution in [3.8, 4) is 0 Å². The standard InChI is InChI=1S/C17H21N3O2S/c1-3-13-6-8-14(9-7-13)17(15-5-4-10-23-15)18-11-16(22)20-19-12(2)21/h4-10,17-18H,3,11H2,1-2H3,(H,19,21)(H,20,22)/t17-/m0/s1. The molecule has 1 aromatic heterocycles. The molecule has 2 rings (SSSR count). The van der Waals surface area contributed by atoms with Crippen molar-refractivity contribution in [1.82, 2.24) is 16.2 Å². The van der Waals surface area contributed by atoms with Gasteiger partial charge in [0.1, 0.15) is 0 Å². The molecule has 0 aliphatic rings. The summed E-state index contributed by atoms with van der Waals surface area (Å²) >= 11 is 1.64. The van der Waals surface area contributed by atoms with E-state index in [1.807, 2.05) is 17.5 Å². The Morgan fingerprint density at radius 1 is 1.13 bits per heavy atom. The van der Waals surface area contributed by atoms with E-state index >= 15 is 0 Å². The van der Waals surface area contributed by atoms with Crippen LogP contribution in [0.3, 0.4) is 0 Å². The van der Waals surface area contributed by atoms with Gasteiger partial charge in [0.05, 0.1) is 12.6 Å². The topological polar surface area (TPSA) is 70.2 Å². The molecule has 0 aliphatic heterocycles. The van der Waals surface area contributed by atoms with Crippen LogP contribution in [0.4, 0.5) is 0 Å². The van der Waals surface area contributed by atoms with Crippen LogP contribution in [0.1, 0.15) is 35.9 Å². The normalized spacial score (nSPS) is 11.7. The number of hydrogen-bond acceptors (Lipinski definition) is 4. The number of nitrogens with one attached hydrogen (secondary N) is 3. The molecule has 1 atom stereocenters. The Bertz CT molecular complexity index is 638. The highest BCUT2D eigenvalue weighted by molar-refractivity contribution is 7.10. The first kappa shape index (κ1) is 17.2. The van der Waals surface area contributed by atoms with Gasteiger partial charge in [-0.25, -0.2) is 0 Å². The van der Waals surface area contributed by atoms with Gasteiger partial charge in [-0.2, -0.15) is 0 Å². The van der Waals surface area contributed by atoms with E-state index in [9.17, 15) is 9.59 Å². The van der Waals surface area contributed by atoms with Crippen LogP contribution < -0.4 is 16.2 Å². The van der Waals surface area contributed by atoms with Crippen molar-refractivity contribution in [2.45, 2.75) is 26.3 Å². The maximum absolute atomic E-state index is 11.8. The number of thiophene rings is 1. The smallest absolute Gasteiger partial charge is 0.252 e. The van der Waals surface area contributed by atoms with Gasteiger partial charge in [0.15, 0.2) is 0 Å². The van der Waals surface area contributed by atoms with E-state index in [-0.39, 0.29) is 24.4 Å². The first-order valence-corrected chi connectivity index (χ1v) is 8.39. The summed E-state index contributed by atoms with van der Waals surface area (Å²) in [5.74, 6) is -0.588. The van der Waals surface area contributed by atoms with Crippen LogP contribution in [-0.2, 0) is 16.0 Å². The van der Waals surface area contributed by atoms with Crippen LogP contribution in [0.25, 0.3) is 0 Å². The minimum absolute atomic E-state index is 0.0519. The molecule has 0 bridgehead atoms. The monoisotopic (exact) mass is 331 g/mol. The van der Waals surface area contributed by atoms with Gasteiger partial charge < -0.3 is 0 Å². The van der Waals surface area contributed by atoms with E-state index in [0.29, 0.717) is 0 Å². The Labute approximate surface area is 140 Å². The van der Waals surface area contributed by atoms with Gasteiger partial charge in [-0.1, -0.05) is 37.3 Å². The first-order valence-electron chi connectivity index (χ1n) is 7.51. The molecule has 0 unspecified atom stereocenters. The van der Waals surface area contributed by atoms with E-state index in [4.69, 9.17) is 0 Å². The zero-order valence-corrected chi connectivity index (χ0v) is 14.1. The van der Waals surface area contributed by atoms with Crippen LogP contribution >= 0.6 is 11.3 Å². The van der Waals surface area contributed by atoms with E-state index in [2.05, 4.69) is 47.4 Å². The molecule has 3 N–H and O–H groups in total. The number of carbonyl (C=O) groups is 2. The lowest BCUT2D eigenvalue weighted by atomic mass is 10.0. The fourth-order valence-corrected chi connectivity index (χ4v) is 3.01. The molecule has 1 aromatic carbocycles. The SMILES string of the molecule is CCc1ccc([C@H](NCC(=O)NNC(C)=O)c2cccs2)cc1. The van der Waals surface area contributed by atoms with E-state index in [1.54, 1.807) is 11.3 Å². The first-order chi connectivity index (χ1) is 11.1. The highest BCUT2D eigenvalue weighted by Gasteiger charge is 2.16. The number of carbonyl (C=O) groups excluding carboxylic acids is 2. The zero-order chi connectivity index (χ0) is 16.7. The minimum atomic E-state index is -0.302. The second-order valence-electron chi connectivity index (χ2n) is 5.15. The Kier molecular flexibility index (Phi) is 6.31. The van der Waals surface area contributed by atoms with Gasteiger partial charge in [0.2, 0.25) is 5.91 Å². The van der Waals surface area contributed by atoms with Gasteiger partial charge in [-0.05, 0) is 29.0 Å². The van der Waals surface area contributed by atoms with Crippen LogP contribution in [0.5, 0.6) is 0 Å². The predicted molar refractivity (Wildman–Crippen MR) is 91.9 cm³/mol. The van der Waals surface area contributed by atoms with Crippen LogP contribution in [0.2, 0.25) is 0 Å². The van der Waals surface area contributed by atoms with Crippen LogP contribution in [0, 0.1) is 0 Å².